The molecule has 1 aromatic carbocycles. The van der Waals surface area contributed by atoms with Gasteiger partial charge in [0, 0.05) is 23.3 Å². The molecule has 0 aliphatic heterocycles. The van der Waals surface area contributed by atoms with Crippen LogP contribution in [-0.2, 0) is 33.5 Å². The maximum Gasteiger partial charge on any atom is 0.452 e. The number of thiophene rings is 1. The largest absolute Gasteiger partial charge is 0.755 e. The van der Waals surface area contributed by atoms with Crippen molar-refractivity contribution >= 4 is 39.5 Å². The summed E-state index contributed by atoms with van der Waals surface area (Å²) in [7, 11) is 0. The first kappa shape index (κ1) is 23.9. The Morgan fingerprint density at radius 3 is 2.59 bits per heavy atom. The van der Waals surface area contributed by atoms with Crippen molar-refractivity contribution in [2.24, 2.45) is 0 Å². The molecule has 180 valence electrons. The highest BCUT2D eigenvalue weighted by atomic mass is 32.2. The van der Waals surface area contributed by atoms with Gasteiger partial charge in [-0.1, -0.05) is 29.4 Å². The summed E-state index contributed by atoms with van der Waals surface area (Å²) in [6.07, 6.45) is -5.12. The van der Waals surface area contributed by atoms with Crippen LogP contribution in [0.4, 0.5) is 18.2 Å². The Morgan fingerprint density at radius 2 is 2.00 bits per heavy atom. The molecule has 3 unspecified atom stereocenters. The molecule has 4 rings (SSSR count). The van der Waals surface area contributed by atoms with E-state index in [0.717, 1.165) is 11.3 Å². The smallest absolute Gasteiger partial charge is 0.452 e. The summed E-state index contributed by atoms with van der Waals surface area (Å²) in [6, 6.07) is 9.48. The number of carboxylic acid groups (broad SMARTS) is 2. The van der Waals surface area contributed by atoms with Gasteiger partial charge >= 0.3 is 18.1 Å². The molecule has 1 fully saturated rings. The predicted octanol–water partition coefficient (Wildman–Crippen LogP) is 3.66. The highest BCUT2D eigenvalue weighted by Crippen LogP contribution is 2.58. The first-order chi connectivity index (χ1) is 15.9. The highest BCUT2D eigenvalue weighted by Gasteiger charge is 2.66. The number of hydrogen-bond donors (Lipinski definition) is 2. The molecule has 1 aliphatic rings. The van der Waals surface area contributed by atoms with Crippen LogP contribution in [0.15, 0.2) is 47.0 Å². The number of anilines is 1. The van der Waals surface area contributed by atoms with Gasteiger partial charge in [-0.3, -0.25) is 13.3 Å². The summed E-state index contributed by atoms with van der Waals surface area (Å²) >= 11 is -2.31. The molecule has 2 aromatic heterocycles. The van der Waals surface area contributed by atoms with Crippen LogP contribution < -0.4 is 4.31 Å². The Labute approximate surface area is 195 Å². The fourth-order valence-corrected chi connectivity index (χ4v) is 5.78. The van der Waals surface area contributed by atoms with Crippen molar-refractivity contribution in [3.63, 3.8) is 0 Å². The molecule has 0 spiro atoms. The highest BCUT2D eigenvalue weighted by molar-refractivity contribution is 7.81. The van der Waals surface area contributed by atoms with Gasteiger partial charge in [0.05, 0.1) is 11.3 Å². The van der Waals surface area contributed by atoms with Crippen molar-refractivity contribution in [3.05, 3.63) is 59.4 Å². The summed E-state index contributed by atoms with van der Waals surface area (Å²) in [5.41, 5.74) is -1.17. The van der Waals surface area contributed by atoms with E-state index in [0.29, 0.717) is 21.5 Å². The summed E-state index contributed by atoms with van der Waals surface area (Å²) in [6.45, 7) is 0. The van der Waals surface area contributed by atoms with Gasteiger partial charge in [-0.05, 0) is 29.7 Å². The number of benzene rings is 1. The van der Waals surface area contributed by atoms with Crippen LogP contribution in [0.5, 0.6) is 0 Å². The monoisotopic (exact) mass is 515 g/mol. The lowest BCUT2D eigenvalue weighted by Crippen LogP contribution is -2.46. The molecule has 0 bridgehead atoms. The van der Waals surface area contributed by atoms with Crippen molar-refractivity contribution in [3.8, 4) is 10.6 Å². The lowest BCUT2D eigenvalue weighted by molar-refractivity contribution is -0.155. The lowest BCUT2D eigenvalue weighted by atomic mass is 10.0. The number of hydrogen-bond acceptors (Lipinski definition) is 7. The number of aliphatic carboxylic acids is 2. The zero-order chi connectivity index (χ0) is 24.8. The van der Waals surface area contributed by atoms with Crippen LogP contribution in [-0.4, -0.2) is 41.6 Å². The fraction of sp³-hybridized carbons (Fsp3) is 0.250. The molecule has 14 heteroatoms. The molecule has 34 heavy (non-hydrogen) atoms. The molecule has 0 amide bonds. The van der Waals surface area contributed by atoms with Crippen LogP contribution >= 0.6 is 11.3 Å². The van der Waals surface area contributed by atoms with Crippen LogP contribution in [0.2, 0.25) is 0 Å². The topological polar surface area (TPSA) is 144 Å². The SMILES string of the molecule is O=C(O)Cc1cccc(C2CC2(C(=O)O)N(c2ccc(-c3cc(C(F)(F)F)on3)s2)S(=O)[O-])c1. The zero-order valence-corrected chi connectivity index (χ0v) is 18.4. The molecule has 2 N–H and O–H groups in total. The Bertz CT molecular complexity index is 1290. The fourth-order valence-electron chi connectivity index (χ4n) is 3.79. The van der Waals surface area contributed by atoms with E-state index >= 15 is 0 Å². The van der Waals surface area contributed by atoms with Gasteiger partial charge in [0.1, 0.15) is 10.7 Å². The van der Waals surface area contributed by atoms with E-state index < -0.39 is 46.6 Å². The summed E-state index contributed by atoms with van der Waals surface area (Å²) < 4.78 is 67.7. The standard InChI is InChI=1S/C20H15F3N2O7S2/c21-20(22,23)15-8-13(24-32-15)14-4-5-16(33-14)25(34(30)31)19(18(28)29)9-12(19)11-3-1-2-10(6-11)7-17(26)27/h1-6,8,12H,7,9H2,(H,26,27)(H,28,29)(H,30,31)/p-1. The van der Waals surface area contributed by atoms with E-state index in [-0.39, 0.29) is 28.4 Å². The minimum absolute atomic E-state index is 0.0357. The maximum atomic E-state index is 12.8. The molecule has 1 aliphatic carbocycles. The second-order valence-electron chi connectivity index (χ2n) is 7.53. The second-order valence-corrected chi connectivity index (χ2v) is 9.39. The van der Waals surface area contributed by atoms with E-state index in [1.54, 1.807) is 18.2 Å². The van der Waals surface area contributed by atoms with E-state index in [9.17, 15) is 36.6 Å². The number of aromatic nitrogens is 1. The van der Waals surface area contributed by atoms with Crippen molar-refractivity contribution in [2.75, 3.05) is 4.31 Å². The Morgan fingerprint density at radius 1 is 1.26 bits per heavy atom. The molecular weight excluding hydrogens is 501 g/mol. The van der Waals surface area contributed by atoms with Crippen LogP contribution in [0, 0.1) is 0 Å². The molecule has 1 saturated carbocycles. The predicted molar refractivity (Wildman–Crippen MR) is 112 cm³/mol. The summed E-state index contributed by atoms with van der Waals surface area (Å²) in [5, 5.41) is 22.3. The third kappa shape index (κ3) is 4.31. The number of carbonyl (C=O) groups is 2. The number of rotatable bonds is 8. The molecular formula is C20H14F3N2O7S2-. The third-order valence-electron chi connectivity index (χ3n) is 5.36. The van der Waals surface area contributed by atoms with Crippen molar-refractivity contribution in [1.29, 1.82) is 0 Å². The molecule has 3 atom stereocenters. The quantitative estimate of drug-likeness (QED) is 0.433. The first-order valence-electron chi connectivity index (χ1n) is 9.51. The molecule has 2 heterocycles. The van der Waals surface area contributed by atoms with Gasteiger partial charge in [0.2, 0.25) is 5.76 Å². The van der Waals surface area contributed by atoms with Crippen LogP contribution in [0.1, 0.15) is 29.2 Å². The van der Waals surface area contributed by atoms with Gasteiger partial charge in [-0.2, -0.15) is 13.2 Å². The molecule has 0 saturated heterocycles. The van der Waals surface area contributed by atoms with E-state index in [1.165, 1.54) is 18.2 Å². The minimum Gasteiger partial charge on any atom is -0.755 e. The average molecular weight is 515 g/mol. The third-order valence-corrected chi connectivity index (χ3v) is 7.39. The van der Waals surface area contributed by atoms with Crippen molar-refractivity contribution in [2.45, 2.75) is 30.5 Å². The van der Waals surface area contributed by atoms with E-state index in [4.69, 9.17) is 5.11 Å². The van der Waals surface area contributed by atoms with Gasteiger partial charge < -0.3 is 19.3 Å². The zero-order valence-electron chi connectivity index (χ0n) is 16.8. The lowest BCUT2D eigenvalue weighted by Gasteiger charge is -2.32. The average Bonchev–Trinajstić information content (AvgIpc) is 3.07. The van der Waals surface area contributed by atoms with Gasteiger partial charge in [0.15, 0.2) is 5.54 Å². The van der Waals surface area contributed by atoms with E-state index in [1.807, 2.05) is 0 Å². The summed E-state index contributed by atoms with van der Waals surface area (Å²) in [5.74, 6) is -4.59. The Balaban J connectivity index is 1.68. The van der Waals surface area contributed by atoms with Crippen LogP contribution in [0.3, 0.4) is 0 Å². The Kier molecular flexibility index (Phi) is 5.99. The van der Waals surface area contributed by atoms with Crippen molar-refractivity contribution in [1.82, 2.24) is 5.16 Å². The number of carboxylic acids is 2. The van der Waals surface area contributed by atoms with Gasteiger partial charge in [-0.15, -0.1) is 11.3 Å². The maximum absolute atomic E-state index is 12.8. The first-order valence-corrected chi connectivity index (χ1v) is 11.4. The number of nitrogens with zero attached hydrogens (tertiary/aromatic N) is 2. The molecule has 3 aromatic rings. The van der Waals surface area contributed by atoms with Gasteiger partial charge in [0.25, 0.3) is 0 Å². The normalized spacial score (nSPS) is 20.6. The van der Waals surface area contributed by atoms with Gasteiger partial charge in [-0.25, -0.2) is 4.79 Å². The molecule has 9 nitrogen and oxygen atoms in total. The second kappa shape index (κ2) is 8.52. The van der Waals surface area contributed by atoms with Crippen LogP contribution in [0.25, 0.3) is 10.6 Å². The summed E-state index contributed by atoms with van der Waals surface area (Å²) in [4.78, 5) is 23.4. The molecule has 0 radical (unpaired) electrons. The van der Waals surface area contributed by atoms with Crippen molar-refractivity contribution < 1.29 is 46.3 Å². The Hall–Kier alpha value is -3.23. The minimum atomic E-state index is -4.75. The van der Waals surface area contributed by atoms with E-state index in [2.05, 4.69) is 9.68 Å². The number of alkyl halides is 3. The number of halogens is 3.